The molecule has 212 valence electrons. The van der Waals surface area contributed by atoms with E-state index in [4.69, 9.17) is 13.8 Å². The van der Waals surface area contributed by atoms with Gasteiger partial charge in [0.15, 0.2) is 6.16 Å². The largest absolute Gasteiger partial charge is 0.465 e. The molecule has 0 atom stereocenters. The Balaban J connectivity index is 2.67. The first-order valence-electron chi connectivity index (χ1n) is 13.5. The Hall–Kier alpha value is -2.26. The molecule has 2 aromatic rings. The van der Waals surface area contributed by atoms with Crippen molar-refractivity contribution in [3.63, 3.8) is 0 Å². The fraction of sp³-hybridized carbons (Fsp3) is 0.594. The maximum absolute atomic E-state index is 14.4. The molecule has 0 saturated carbocycles. The lowest BCUT2D eigenvalue weighted by atomic mass is 9.80. The SMILES string of the molecule is CCOC(=O)CP(=O)(Oc1ccc(C(C)(C)C)cc1C(C)(C)C)Oc1ccc(C(C)(C)C)cc1C(C)(C)C. The highest BCUT2D eigenvalue weighted by Crippen LogP contribution is 2.52. The van der Waals surface area contributed by atoms with Gasteiger partial charge in [-0.3, -0.25) is 4.79 Å². The third-order valence-corrected chi connectivity index (χ3v) is 8.01. The van der Waals surface area contributed by atoms with Crippen LogP contribution in [-0.4, -0.2) is 18.7 Å². The second kappa shape index (κ2) is 11.1. The van der Waals surface area contributed by atoms with Gasteiger partial charge >= 0.3 is 13.6 Å². The van der Waals surface area contributed by atoms with Gasteiger partial charge in [0.1, 0.15) is 11.5 Å². The smallest absolute Gasteiger partial charge is 0.441 e. The van der Waals surface area contributed by atoms with Crippen LogP contribution in [0.4, 0.5) is 0 Å². The minimum absolute atomic E-state index is 0.0694. The Kier molecular flexibility index (Phi) is 9.32. The van der Waals surface area contributed by atoms with E-state index in [1.165, 1.54) is 0 Å². The summed E-state index contributed by atoms with van der Waals surface area (Å²) >= 11 is 0. The van der Waals surface area contributed by atoms with Gasteiger partial charge in [0.2, 0.25) is 0 Å². The predicted molar refractivity (Wildman–Crippen MR) is 158 cm³/mol. The maximum Gasteiger partial charge on any atom is 0.441 e. The Labute approximate surface area is 231 Å². The normalized spacial score (nSPS) is 13.3. The first-order chi connectivity index (χ1) is 17.1. The molecule has 38 heavy (non-hydrogen) atoms. The van der Waals surface area contributed by atoms with Crippen molar-refractivity contribution in [3.05, 3.63) is 58.7 Å². The molecule has 0 unspecified atom stereocenters. The van der Waals surface area contributed by atoms with Gasteiger partial charge in [-0.15, -0.1) is 0 Å². The van der Waals surface area contributed by atoms with Crippen molar-refractivity contribution < 1.29 is 23.1 Å². The van der Waals surface area contributed by atoms with Crippen LogP contribution in [0, 0.1) is 0 Å². The summed E-state index contributed by atoms with van der Waals surface area (Å²) in [5, 5.41) is 0. The van der Waals surface area contributed by atoms with E-state index < -0.39 is 19.7 Å². The molecule has 0 bridgehead atoms. The van der Waals surface area contributed by atoms with E-state index in [-0.39, 0.29) is 28.3 Å². The van der Waals surface area contributed by atoms with E-state index in [2.05, 4.69) is 95.2 Å². The number of hydrogen-bond acceptors (Lipinski definition) is 5. The number of carbonyl (C=O) groups is 1. The van der Waals surface area contributed by atoms with E-state index in [1.807, 2.05) is 24.3 Å². The number of hydrogen-bond donors (Lipinski definition) is 0. The topological polar surface area (TPSA) is 61.8 Å². The molecule has 0 amide bonds. The zero-order valence-corrected chi connectivity index (χ0v) is 26.8. The Morgan fingerprint density at radius 3 is 1.32 bits per heavy atom. The number of carbonyl (C=O) groups excluding carboxylic acids is 1. The highest BCUT2D eigenvalue weighted by atomic mass is 31.2. The van der Waals surface area contributed by atoms with Crippen LogP contribution in [0.25, 0.3) is 0 Å². The summed E-state index contributed by atoms with van der Waals surface area (Å²) in [4.78, 5) is 12.6. The van der Waals surface area contributed by atoms with Crippen LogP contribution in [0.15, 0.2) is 36.4 Å². The van der Waals surface area contributed by atoms with Crippen molar-refractivity contribution in [1.29, 1.82) is 0 Å². The first kappa shape index (κ1) is 32.0. The van der Waals surface area contributed by atoms with Crippen LogP contribution in [0.3, 0.4) is 0 Å². The third kappa shape index (κ3) is 8.37. The van der Waals surface area contributed by atoms with Gasteiger partial charge in [-0.05, 0) is 51.8 Å². The zero-order chi connectivity index (χ0) is 29.3. The third-order valence-electron chi connectivity index (χ3n) is 6.41. The van der Waals surface area contributed by atoms with Crippen molar-refractivity contribution in [1.82, 2.24) is 0 Å². The molecule has 0 aliphatic carbocycles. The Bertz CT molecular complexity index is 1100. The molecule has 6 heteroatoms. The molecule has 0 N–H and O–H groups in total. The van der Waals surface area contributed by atoms with Crippen molar-refractivity contribution in [2.45, 2.75) is 112 Å². The molecule has 0 aliphatic rings. The Morgan fingerprint density at radius 2 is 1.03 bits per heavy atom. The highest BCUT2D eigenvalue weighted by Gasteiger charge is 2.37. The summed E-state index contributed by atoms with van der Waals surface area (Å²) in [5.74, 6) is 0.270. The molecule has 2 rings (SSSR count). The van der Waals surface area contributed by atoms with Crippen LogP contribution in [0.5, 0.6) is 11.5 Å². The van der Waals surface area contributed by atoms with Gasteiger partial charge in [0.25, 0.3) is 0 Å². The molecule has 0 fully saturated rings. The second-order valence-electron chi connectivity index (χ2n) is 14.2. The summed E-state index contributed by atoms with van der Waals surface area (Å²) in [6.45, 7) is 27.3. The molecule has 0 spiro atoms. The minimum Gasteiger partial charge on any atom is -0.465 e. The lowest BCUT2D eigenvalue weighted by Crippen LogP contribution is -2.21. The van der Waals surface area contributed by atoms with Gasteiger partial charge in [-0.25, -0.2) is 4.57 Å². The van der Waals surface area contributed by atoms with Gasteiger partial charge < -0.3 is 13.8 Å². The molecule has 2 aromatic carbocycles. The van der Waals surface area contributed by atoms with E-state index in [0.717, 1.165) is 22.3 Å². The van der Waals surface area contributed by atoms with Crippen LogP contribution < -0.4 is 9.05 Å². The summed E-state index contributed by atoms with van der Waals surface area (Å²) in [7, 11) is -4.03. The summed E-state index contributed by atoms with van der Waals surface area (Å²) < 4.78 is 32.1. The molecule has 0 saturated heterocycles. The van der Waals surface area contributed by atoms with Crippen LogP contribution in [0.1, 0.15) is 112 Å². The summed E-state index contributed by atoms with van der Waals surface area (Å²) in [5.41, 5.74) is 3.35. The predicted octanol–water partition coefficient (Wildman–Crippen LogP) is 9.09. The number of benzene rings is 2. The van der Waals surface area contributed by atoms with E-state index in [1.54, 1.807) is 6.92 Å². The molecule has 0 aliphatic heterocycles. The average molecular weight is 545 g/mol. The molecule has 0 aromatic heterocycles. The van der Waals surface area contributed by atoms with E-state index in [0.29, 0.717) is 11.5 Å². The fourth-order valence-corrected chi connectivity index (χ4v) is 5.56. The molecule has 0 heterocycles. The van der Waals surface area contributed by atoms with Gasteiger partial charge in [-0.2, -0.15) is 0 Å². The second-order valence-corrected chi connectivity index (χ2v) is 16.1. The van der Waals surface area contributed by atoms with Crippen molar-refractivity contribution >= 4 is 13.6 Å². The van der Waals surface area contributed by atoms with Crippen molar-refractivity contribution in [2.24, 2.45) is 0 Å². The summed E-state index contributed by atoms with van der Waals surface area (Å²) in [6, 6.07) is 11.9. The quantitative estimate of drug-likeness (QED) is 0.257. The Morgan fingerprint density at radius 1 is 0.658 bits per heavy atom. The lowest BCUT2D eigenvalue weighted by Gasteiger charge is -2.30. The average Bonchev–Trinajstić information content (AvgIpc) is 2.70. The zero-order valence-electron chi connectivity index (χ0n) is 25.9. The highest BCUT2D eigenvalue weighted by molar-refractivity contribution is 7.55. The molecule has 0 radical (unpaired) electrons. The number of esters is 1. The first-order valence-corrected chi connectivity index (χ1v) is 15.2. The minimum atomic E-state index is -4.03. The molecular formula is C32H49O5P. The molecule has 5 nitrogen and oxygen atoms in total. The van der Waals surface area contributed by atoms with Gasteiger partial charge in [0.05, 0.1) is 6.61 Å². The van der Waals surface area contributed by atoms with Crippen LogP contribution in [-0.2, 0) is 35.8 Å². The molecular weight excluding hydrogens is 495 g/mol. The summed E-state index contributed by atoms with van der Waals surface area (Å²) in [6.07, 6.45) is -0.490. The van der Waals surface area contributed by atoms with Crippen molar-refractivity contribution in [3.8, 4) is 11.5 Å². The number of rotatable bonds is 7. The van der Waals surface area contributed by atoms with Crippen LogP contribution in [0.2, 0.25) is 0 Å². The van der Waals surface area contributed by atoms with Gasteiger partial charge in [0, 0.05) is 11.1 Å². The lowest BCUT2D eigenvalue weighted by molar-refractivity contribution is -0.140. The standard InChI is InChI=1S/C32H49O5P/c1-14-35-28(33)21-38(34,36-26-17-15-22(29(2,3)4)19-24(26)31(8,9)10)37-27-18-16-23(30(5,6)7)20-25(27)32(11,12)13/h15-20H,14,21H2,1-13H3. The maximum atomic E-state index is 14.4. The monoisotopic (exact) mass is 544 g/mol. The van der Waals surface area contributed by atoms with Crippen molar-refractivity contribution in [2.75, 3.05) is 12.8 Å². The number of ether oxygens (including phenoxy) is 1. The fourth-order valence-electron chi connectivity index (χ4n) is 4.07. The van der Waals surface area contributed by atoms with E-state index in [9.17, 15) is 9.36 Å². The van der Waals surface area contributed by atoms with Crippen LogP contribution >= 0.6 is 7.60 Å². The van der Waals surface area contributed by atoms with E-state index >= 15 is 0 Å². The van der Waals surface area contributed by atoms with Gasteiger partial charge in [-0.1, -0.05) is 107 Å².